The fourth-order valence-corrected chi connectivity index (χ4v) is 2.87. The monoisotopic (exact) mass is 529 g/mol. The first-order valence-electron chi connectivity index (χ1n) is 8.33. The van der Waals surface area contributed by atoms with E-state index >= 15 is 0 Å². The molecule has 139 valence electrons. The molecule has 0 spiro atoms. The van der Waals surface area contributed by atoms with Crippen molar-refractivity contribution in [1.82, 2.24) is 14.0 Å². The molecule has 4 rings (SSSR count). The van der Waals surface area contributed by atoms with Crippen molar-refractivity contribution >= 4 is 16.8 Å². The number of para-hydroxylation sites is 3. The van der Waals surface area contributed by atoms with Gasteiger partial charge in [-0.15, -0.1) is 6.07 Å². The second-order valence-corrected chi connectivity index (χ2v) is 6.10. The Hall–Kier alpha value is -1.98. The van der Waals surface area contributed by atoms with Crippen LogP contribution in [0, 0.1) is 6.07 Å². The Kier molecular flexibility index (Phi) is 7.12. The fourth-order valence-electron chi connectivity index (χ4n) is 2.87. The zero-order valence-corrected chi connectivity index (χ0v) is 17.1. The summed E-state index contributed by atoms with van der Waals surface area (Å²) in [5, 5.41) is 17.1. The van der Waals surface area contributed by atoms with Crippen molar-refractivity contribution in [3.05, 3.63) is 67.0 Å². The molecule has 6 heteroatoms. The summed E-state index contributed by atoms with van der Waals surface area (Å²) < 4.78 is 4.21. The van der Waals surface area contributed by atoms with E-state index < -0.39 is 0 Å². The number of aliphatic hydroxyl groups excluding tert-OH is 2. The van der Waals surface area contributed by atoms with Crippen molar-refractivity contribution < 1.29 is 30.3 Å². The summed E-state index contributed by atoms with van der Waals surface area (Å²) in [6, 6.07) is 19.5. The molecule has 2 atom stereocenters. The summed E-state index contributed by atoms with van der Waals surface area (Å²) >= 11 is 0. The second kappa shape index (κ2) is 9.10. The number of imidazole rings is 2. The van der Waals surface area contributed by atoms with Crippen molar-refractivity contribution in [2.75, 3.05) is 0 Å². The molecular formula is C20H22IrN3O2-. The van der Waals surface area contributed by atoms with E-state index in [1.807, 2.05) is 48.8 Å². The van der Waals surface area contributed by atoms with Gasteiger partial charge in [-0.25, -0.2) is 4.98 Å². The number of aliphatic hydroxyl groups is 2. The van der Waals surface area contributed by atoms with Gasteiger partial charge in [0.15, 0.2) is 0 Å². The molecule has 4 aromatic rings. The molecule has 0 saturated carbocycles. The fraction of sp³-hybridized carbons (Fsp3) is 0.250. The molecule has 5 nitrogen and oxygen atoms in total. The number of nitrogens with zero attached hydrogens (tertiary/aromatic N) is 3. The second-order valence-electron chi connectivity index (χ2n) is 6.10. The van der Waals surface area contributed by atoms with Crippen LogP contribution in [0.15, 0.2) is 60.9 Å². The van der Waals surface area contributed by atoms with Gasteiger partial charge >= 0.3 is 0 Å². The number of hydrogen-bond donors (Lipinski definition) is 2. The Balaban J connectivity index is 0.000000265. The Morgan fingerprint density at radius 1 is 1.00 bits per heavy atom. The molecule has 2 aromatic heterocycles. The van der Waals surface area contributed by atoms with Gasteiger partial charge in [0.1, 0.15) is 0 Å². The van der Waals surface area contributed by atoms with Gasteiger partial charge in [0.25, 0.3) is 0 Å². The predicted molar refractivity (Wildman–Crippen MR) is 98.8 cm³/mol. The minimum atomic E-state index is -0.375. The molecule has 0 aliphatic rings. The van der Waals surface area contributed by atoms with Gasteiger partial charge in [0.2, 0.25) is 5.78 Å². The summed E-state index contributed by atoms with van der Waals surface area (Å²) in [7, 11) is 0. The van der Waals surface area contributed by atoms with E-state index in [0.717, 1.165) is 22.5 Å². The van der Waals surface area contributed by atoms with Crippen LogP contribution in [0.5, 0.6) is 0 Å². The summed E-state index contributed by atoms with van der Waals surface area (Å²) in [4.78, 5) is 4.44. The van der Waals surface area contributed by atoms with Gasteiger partial charge in [-0.2, -0.15) is 24.3 Å². The molecule has 0 aliphatic heterocycles. The Labute approximate surface area is 166 Å². The first kappa shape index (κ1) is 20.3. The van der Waals surface area contributed by atoms with E-state index in [1.165, 1.54) is 0 Å². The maximum Gasteiger partial charge on any atom is 0.217 e. The van der Waals surface area contributed by atoms with Crippen LogP contribution in [0.3, 0.4) is 0 Å². The largest absolute Gasteiger partial charge is 0.393 e. The molecule has 2 N–H and O–H groups in total. The van der Waals surface area contributed by atoms with Gasteiger partial charge < -0.3 is 14.8 Å². The van der Waals surface area contributed by atoms with Crippen molar-refractivity contribution in [2.45, 2.75) is 32.5 Å². The minimum absolute atomic E-state index is 0. The van der Waals surface area contributed by atoms with E-state index in [-0.39, 0.29) is 32.3 Å². The van der Waals surface area contributed by atoms with Crippen LogP contribution in [0.1, 0.15) is 20.3 Å². The van der Waals surface area contributed by atoms with Crippen LogP contribution in [-0.4, -0.2) is 36.4 Å². The van der Waals surface area contributed by atoms with Crippen molar-refractivity contribution in [3.63, 3.8) is 0 Å². The number of rotatable bonds is 3. The Morgan fingerprint density at radius 2 is 1.65 bits per heavy atom. The molecule has 26 heavy (non-hydrogen) atoms. The first-order valence-corrected chi connectivity index (χ1v) is 8.33. The topological polar surface area (TPSA) is 62.7 Å². The maximum atomic E-state index is 8.56. The molecule has 1 radical (unpaired) electrons. The first-order chi connectivity index (χ1) is 12.1. The molecule has 2 heterocycles. The van der Waals surface area contributed by atoms with Crippen molar-refractivity contribution in [1.29, 1.82) is 0 Å². The summed E-state index contributed by atoms with van der Waals surface area (Å²) in [5.41, 5.74) is 3.31. The van der Waals surface area contributed by atoms with Crippen LogP contribution in [-0.2, 0) is 20.1 Å². The normalized spacial score (nSPS) is 12.9. The molecule has 0 fully saturated rings. The molecule has 0 bridgehead atoms. The van der Waals surface area contributed by atoms with E-state index in [2.05, 4.69) is 32.2 Å². The van der Waals surface area contributed by atoms with E-state index in [1.54, 1.807) is 13.8 Å². The zero-order valence-electron chi connectivity index (χ0n) is 14.7. The number of fused-ring (bicyclic) bond motifs is 3. The third kappa shape index (κ3) is 4.40. The van der Waals surface area contributed by atoms with Crippen molar-refractivity contribution in [2.24, 2.45) is 0 Å². The standard InChI is InChI=1S/C15H10N3.C5H12O2.Ir/c1-2-6-12(7-3-1)18-14-9-5-4-8-13(14)17-11-10-16-15(17)18;1-4(6)3-5(2)7;/h1-6,8-11H;4-7H,3H2,1-2H3;/q-1;;. The third-order valence-electron chi connectivity index (χ3n) is 3.82. The van der Waals surface area contributed by atoms with Crippen LogP contribution in [0.4, 0.5) is 0 Å². The van der Waals surface area contributed by atoms with E-state index in [4.69, 9.17) is 10.2 Å². The van der Waals surface area contributed by atoms with E-state index in [9.17, 15) is 0 Å². The minimum Gasteiger partial charge on any atom is -0.393 e. The van der Waals surface area contributed by atoms with Crippen LogP contribution in [0.2, 0.25) is 0 Å². The number of aromatic nitrogens is 3. The number of hydrogen-bond acceptors (Lipinski definition) is 3. The zero-order chi connectivity index (χ0) is 17.8. The molecule has 0 saturated heterocycles. The quantitative estimate of drug-likeness (QED) is 0.402. The van der Waals surface area contributed by atoms with Crippen LogP contribution >= 0.6 is 0 Å². The summed E-state index contributed by atoms with van der Waals surface area (Å²) in [6.07, 6.45) is 3.53. The van der Waals surface area contributed by atoms with Crippen LogP contribution in [0.25, 0.3) is 22.5 Å². The molecule has 2 unspecified atom stereocenters. The molecular weight excluding hydrogens is 506 g/mol. The molecule has 2 aromatic carbocycles. The van der Waals surface area contributed by atoms with Gasteiger partial charge in [-0.1, -0.05) is 17.8 Å². The average Bonchev–Trinajstić information content (AvgIpc) is 3.15. The third-order valence-corrected chi connectivity index (χ3v) is 3.82. The summed E-state index contributed by atoms with van der Waals surface area (Å²) in [5.74, 6) is 0.915. The summed E-state index contributed by atoms with van der Waals surface area (Å²) in [6.45, 7) is 3.32. The molecule has 0 amide bonds. The van der Waals surface area contributed by atoms with Gasteiger partial charge in [0, 0.05) is 32.5 Å². The van der Waals surface area contributed by atoms with Gasteiger partial charge in [-0.05, 0) is 32.4 Å². The van der Waals surface area contributed by atoms with Crippen LogP contribution < -0.4 is 0 Å². The van der Waals surface area contributed by atoms with E-state index in [0.29, 0.717) is 6.42 Å². The Morgan fingerprint density at radius 3 is 2.23 bits per heavy atom. The van der Waals surface area contributed by atoms with Gasteiger partial charge in [-0.3, -0.25) is 4.40 Å². The smallest absolute Gasteiger partial charge is 0.217 e. The SMILES string of the molecule is CC(O)CC(C)O.[Ir].[c-]1ccccc1-n1c2ccccc2n2ccnc12. The Bertz CT molecular complexity index is 939. The average molecular weight is 529 g/mol. The van der Waals surface area contributed by atoms with Gasteiger partial charge in [0.05, 0.1) is 23.2 Å². The number of benzene rings is 2. The molecule has 0 aliphatic carbocycles. The maximum absolute atomic E-state index is 8.56. The van der Waals surface area contributed by atoms with Crippen molar-refractivity contribution in [3.8, 4) is 5.69 Å². The predicted octanol–water partition coefficient (Wildman–Crippen LogP) is 3.21.